The van der Waals surface area contributed by atoms with E-state index in [1.54, 1.807) is 12.1 Å². The van der Waals surface area contributed by atoms with Crippen LogP contribution in [0.1, 0.15) is 23.6 Å². The van der Waals surface area contributed by atoms with Gasteiger partial charge in [0, 0.05) is 22.5 Å². The van der Waals surface area contributed by atoms with E-state index in [2.05, 4.69) is 4.72 Å². The number of fused-ring (bicyclic) bond motifs is 2. The number of halogens is 1. The highest BCUT2D eigenvalue weighted by atomic mass is 35.5. The molecule has 0 spiro atoms. The maximum Gasteiger partial charge on any atom is 0.336 e. The molecule has 1 aliphatic carbocycles. The maximum atomic E-state index is 12.7. The van der Waals surface area contributed by atoms with Crippen molar-refractivity contribution in [3.8, 4) is 0 Å². The van der Waals surface area contributed by atoms with Crippen LogP contribution in [0, 0.1) is 0 Å². The largest absolute Gasteiger partial charge is 0.423 e. The van der Waals surface area contributed by atoms with Gasteiger partial charge in [0.05, 0.1) is 4.90 Å². The van der Waals surface area contributed by atoms with E-state index in [-0.39, 0.29) is 10.9 Å². The van der Waals surface area contributed by atoms with Gasteiger partial charge in [0.1, 0.15) is 5.58 Å². The summed E-state index contributed by atoms with van der Waals surface area (Å²) in [5.74, 6) is 0. The number of hydrogen-bond donors (Lipinski definition) is 1. The number of aryl methyl sites for hydroxylation is 1. The molecule has 0 saturated carbocycles. The second kappa shape index (κ2) is 5.98. The van der Waals surface area contributed by atoms with Crippen molar-refractivity contribution in [2.24, 2.45) is 0 Å². The first-order valence-electron chi connectivity index (χ1n) is 7.77. The first kappa shape index (κ1) is 16.3. The van der Waals surface area contributed by atoms with Crippen LogP contribution < -0.4 is 10.3 Å². The molecule has 1 heterocycles. The predicted molar refractivity (Wildman–Crippen MR) is 95.3 cm³/mol. The molecule has 1 unspecified atom stereocenters. The van der Waals surface area contributed by atoms with Crippen LogP contribution in [-0.2, 0) is 16.4 Å². The molecule has 0 radical (unpaired) electrons. The van der Waals surface area contributed by atoms with Gasteiger partial charge in [-0.05, 0) is 60.4 Å². The van der Waals surface area contributed by atoms with Gasteiger partial charge in [-0.25, -0.2) is 17.9 Å². The van der Waals surface area contributed by atoms with Crippen LogP contribution in [0.3, 0.4) is 0 Å². The molecule has 0 aliphatic heterocycles. The minimum Gasteiger partial charge on any atom is -0.423 e. The van der Waals surface area contributed by atoms with Crippen LogP contribution in [0.15, 0.2) is 62.6 Å². The topological polar surface area (TPSA) is 76.4 Å². The highest BCUT2D eigenvalue weighted by Gasteiger charge is 2.27. The van der Waals surface area contributed by atoms with Crippen molar-refractivity contribution < 1.29 is 12.8 Å². The van der Waals surface area contributed by atoms with Crippen LogP contribution in [-0.4, -0.2) is 8.42 Å². The van der Waals surface area contributed by atoms with Gasteiger partial charge in [0.2, 0.25) is 10.0 Å². The third-order valence-electron chi connectivity index (χ3n) is 4.38. The molecule has 3 aromatic rings. The zero-order chi connectivity index (χ0) is 17.6. The number of rotatable bonds is 3. The number of sulfonamides is 1. The normalized spacial score (nSPS) is 16.9. The van der Waals surface area contributed by atoms with E-state index in [1.165, 1.54) is 24.3 Å². The number of nitrogens with one attached hydrogen (secondary N) is 1. The molecule has 5 nitrogen and oxygen atoms in total. The molecule has 1 atom stereocenters. The Kier molecular flexibility index (Phi) is 3.91. The average molecular weight is 376 g/mol. The van der Waals surface area contributed by atoms with E-state index in [0.29, 0.717) is 22.4 Å². The van der Waals surface area contributed by atoms with E-state index < -0.39 is 15.6 Å². The Morgan fingerprint density at radius 3 is 2.76 bits per heavy atom. The second-order valence-corrected chi connectivity index (χ2v) is 8.16. The fraction of sp³-hybridized carbons (Fsp3) is 0.167. The Hall–Kier alpha value is -2.15. The SMILES string of the molecule is O=c1ccc2cc(S(=O)(=O)NC3CCc4cc(Cl)ccc43)ccc2o1. The smallest absolute Gasteiger partial charge is 0.336 e. The number of hydrogen-bond acceptors (Lipinski definition) is 4. The highest BCUT2D eigenvalue weighted by Crippen LogP contribution is 2.34. The lowest BCUT2D eigenvalue weighted by Crippen LogP contribution is -2.27. The van der Waals surface area contributed by atoms with Gasteiger partial charge in [-0.1, -0.05) is 17.7 Å². The van der Waals surface area contributed by atoms with Gasteiger partial charge in [-0.2, -0.15) is 0 Å². The van der Waals surface area contributed by atoms with Crippen molar-refractivity contribution in [2.75, 3.05) is 0 Å². The first-order chi connectivity index (χ1) is 11.9. The monoisotopic (exact) mass is 375 g/mol. The summed E-state index contributed by atoms with van der Waals surface area (Å²) in [5.41, 5.74) is 1.91. The zero-order valence-corrected chi connectivity index (χ0v) is 14.6. The summed E-state index contributed by atoms with van der Waals surface area (Å²) in [6.45, 7) is 0. The van der Waals surface area contributed by atoms with Crippen LogP contribution >= 0.6 is 11.6 Å². The summed E-state index contributed by atoms with van der Waals surface area (Å²) in [4.78, 5) is 11.4. The molecule has 1 N–H and O–H groups in total. The van der Waals surface area contributed by atoms with Gasteiger partial charge in [0.15, 0.2) is 0 Å². The average Bonchev–Trinajstić information content (AvgIpc) is 2.95. The molecule has 1 aromatic heterocycles. The summed E-state index contributed by atoms with van der Waals surface area (Å²) in [6, 6.07) is 12.5. The second-order valence-electron chi connectivity index (χ2n) is 6.01. The van der Waals surface area contributed by atoms with E-state index in [1.807, 2.05) is 12.1 Å². The van der Waals surface area contributed by atoms with Crippen molar-refractivity contribution in [3.63, 3.8) is 0 Å². The summed E-state index contributed by atoms with van der Waals surface area (Å²) >= 11 is 6.00. The van der Waals surface area contributed by atoms with Crippen LogP contribution in [0.2, 0.25) is 5.02 Å². The van der Waals surface area contributed by atoms with Crippen LogP contribution in [0.4, 0.5) is 0 Å². The Labute approximate surface area is 149 Å². The zero-order valence-electron chi connectivity index (χ0n) is 13.0. The van der Waals surface area contributed by atoms with Gasteiger partial charge >= 0.3 is 5.63 Å². The van der Waals surface area contributed by atoms with E-state index in [0.717, 1.165) is 17.5 Å². The van der Waals surface area contributed by atoms with Crippen LogP contribution in [0.5, 0.6) is 0 Å². The highest BCUT2D eigenvalue weighted by molar-refractivity contribution is 7.89. The Bertz CT molecular complexity index is 1140. The summed E-state index contributed by atoms with van der Waals surface area (Å²) < 4.78 is 33.3. The maximum absolute atomic E-state index is 12.7. The molecular weight excluding hydrogens is 362 g/mol. The molecule has 4 rings (SSSR count). The molecule has 1 aliphatic rings. The molecule has 25 heavy (non-hydrogen) atoms. The van der Waals surface area contributed by atoms with Crippen molar-refractivity contribution >= 4 is 32.6 Å². The Morgan fingerprint density at radius 1 is 1.08 bits per heavy atom. The molecule has 0 amide bonds. The minimum absolute atomic E-state index is 0.135. The molecule has 0 saturated heterocycles. The van der Waals surface area contributed by atoms with E-state index in [4.69, 9.17) is 16.0 Å². The first-order valence-corrected chi connectivity index (χ1v) is 9.63. The summed E-state index contributed by atoms with van der Waals surface area (Å²) in [6.07, 6.45) is 1.48. The molecule has 128 valence electrons. The molecule has 7 heteroatoms. The lowest BCUT2D eigenvalue weighted by Gasteiger charge is -2.15. The summed E-state index contributed by atoms with van der Waals surface area (Å²) in [5, 5.41) is 1.21. The fourth-order valence-corrected chi connectivity index (χ4v) is 4.66. The van der Waals surface area contributed by atoms with Gasteiger partial charge in [0.25, 0.3) is 0 Å². The van der Waals surface area contributed by atoms with Crippen molar-refractivity contribution in [1.29, 1.82) is 0 Å². The Balaban J connectivity index is 1.67. The molecule has 2 aromatic carbocycles. The predicted octanol–water partition coefficient (Wildman–Crippen LogP) is 3.41. The standard InChI is InChI=1S/C18H14ClNO4S/c19-13-3-5-15-11(9-13)1-6-16(15)20-25(22,23)14-4-7-17-12(10-14)2-8-18(21)24-17/h2-5,7-10,16,20H,1,6H2. The van der Waals surface area contributed by atoms with Gasteiger partial charge in [-0.3, -0.25) is 0 Å². The van der Waals surface area contributed by atoms with Crippen molar-refractivity contribution in [1.82, 2.24) is 4.72 Å². The lowest BCUT2D eigenvalue weighted by atomic mass is 10.1. The number of benzene rings is 2. The fourth-order valence-electron chi connectivity index (χ4n) is 3.18. The minimum atomic E-state index is -3.70. The third kappa shape index (κ3) is 3.08. The Morgan fingerprint density at radius 2 is 1.92 bits per heavy atom. The van der Waals surface area contributed by atoms with E-state index >= 15 is 0 Å². The molecule has 0 bridgehead atoms. The van der Waals surface area contributed by atoms with Crippen molar-refractivity contribution in [2.45, 2.75) is 23.8 Å². The van der Waals surface area contributed by atoms with Crippen LogP contribution in [0.25, 0.3) is 11.0 Å². The van der Waals surface area contributed by atoms with Gasteiger partial charge < -0.3 is 4.42 Å². The lowest BCUT2D eigenvalue weighted by molar-refractivity contribution is 0.553. The quantitative estimate of drug-likeness (QED) is 0.712. The van der Waals surface area contributed by atoms with E-state index in [9.17, 15) is 13.2 Å². The molecular formula is C18H14ClNO4S. The summed E-state index contributed by atoms with van der Waals surface area (Å²) in [7, 11) is -3.70. The van der Waals surface area contributed by atoms with Gasteiger partial charge in [-0.15, -0.1) is 0 Å². The van der Waals surface area contributed by atoms with Crippen molar-refractivity contribution in [3.05, 3.63) is 75.1 Å². The third-order valence-corrected chi connectivity index (χ3v) is 6.09. The molecule has 0 fully saturated rings.